The van der Waals surface area contributed by atoms with Gasteiger partial charge in [0.1, 0.15) is 35.8 Å². The molecule has 252 valence electrons. The van der Waals surface area contributed by atoms with Gasteiger partial charge >= 0.3 is 5.97 Å². The van der Waals surface area contributed by atoms with Crippen molar-refractivity contribution in [2.75, 3.05) is 32.8 Å². The molecule has 1 saturated heterocycles. The molecule has 5 aliphatic rings. The summed E-state index contributed by atoms with van der Waals surface area (Å²) < 4.78 is 36.9. The lowest BCUT2D eigenvalue weighted by atomic mass is 9.76. The van der Waals surface area contributed by atoms with E-state index >= 15 is 0 Å². The summed E-state index contributed by atoms with van der Waals surface area (Å²) in [4.78, 5) is 12.4. The van der Waals surface area contributed by atoms with Gasteiger partial charge in [-0.05, 0) is 53.5 Å². The quantitative estimate of drug-likeness (QED) is 0.187. The van der Waals surface area contributed by atoms with Crippen molar-refractivity contribution in [1.29, 1.82) is 0 Å². The van der Waals surface area contributed by atoms with Crippen molar-refractivity contribution in [3.8, 4) is 45.6 Å². The number of benzene rings is 3. The number of carboxylic acids is 1. The third-order valence-corrected chi connectivity index (χ3v) is 9.95. The van der Waals surface area contributed by atoms with Gasteiger partial charge in [0.15, 0.2) is 29.1 Å². The Balaban J connectivity index is 1.32. The summed E-state index contributed by atoms with van der Waals surface area (Å²) in [5.74, 6) is -2.36. The minimum Gasteiger partial charge on any atom is -0.508 e. The molecule has 48 heavy (non-hydrogen) atoms. The molecule has 14 heteroatoms. The van der Waals surface area contributed by atoms with Crippen molar-refractivity contribution in [2.45, 2.75) is 54.2 Å². The Morgan fingerprint density at radius 2 is 1.88 bits per heavy atom. The zero-order chi connectivity index (χ0) is 33.7. The van der Waals surface area contributed by atoms with Crippen LogP contribution in [0, 0.1) is 0 Å². The number of anilines is 1. The van der Waals surface area contributed by atoms with Gasteiger partial charge in [-0.25, -0.2) is 4.79 Å². The largest absolute Gasteiger partial charge is 0.508 e. The van der Waals surface area contributed by atoms with Crippen LogP contribution in [-0.4, -0.2) is 99.8 Å². The van der Waals surface area contributed by atoms with Crippen LogP contribution in [0.25, 0.3) is 11.1 Å². The van der Waals surface area contributed by atoms with E-state index in [1.807, 2.05) is 6.07 Å². The first-order valence-corrected chi connectivity index (χ1v) is 15.4. The number of aromatic hydroxyl groups is 1. The average molecular weight is 664 g/mol. The first kappa shape index (κ1) is 30.6. The highest BCUT2D eigenvalue weighted by atomic mass is 16.7. The van der Waals surface area contributed by atoms with Crippen LogP contribution in [0.3, 0.4) is 0 Å². The number of phenols is 1. The molecule has 5 heterocycles. The lowest BCUT2D eigenvalue weighted by molar-refractivity contribution is -0.356. The van der Waals surface area contributed by atoms with Crippen LogP contribution in [0.1, 0.15) is 28.7 Å². The van der Waals surface area contributed by atoms with Crippen LogP contribution in [0.5, 0.6) is 34.5 Å². The molecule has 0 aromatic heterocycles. The second-order valence-corrected chi connectivity index (χ2v) is 12.4. The van der Waals surface area contributed by atoms with E-state index in [9.17, 15) is 35.4 Å². The topological polar surface area (TPSA) is 206 Å². The monoisotopic (exact) mass is 663 g/mol. The van der Waals surface area contributed by atoms with Gasteiger partial charge in [0, 0.05) is 17.7 Å². The van der Waals surface area contributed by atoms with Gasteiger partial charge in [-0.15, -0.1) is 0 Å². The van der Waals surface area contributed by atoms with Gasteiger partial charge in [-0.2, -0.15) is 0 Å². The highest BCUT2D eigenvalue weighted by Gasteiger charge is 2.70. The van der Waals surface area contributed by atoms with E-state index in [4.69, 9.17) is 28.4 Å². The fraction of sp³-hybridized carbons (Fsp3) is 0.382. The maximum absolute atomic E-state index is 12.4. The fourth-order valence-corrected chi connectivity index (χ4v) is 7.72. The number of methoxy groups -OCH3 is 2. The summed E-state index contributed by atoms with van der Waals surface area (Å²) in [7, 11) is 3.03. The standard InChI is InChI=1S/C34H33NO13/c1-43-20-11-15(7-9-36)22-18-13-45-28-23(26(18)46-29(22)27(20)44-2)17(14-4-3-5-16(37)10-14)12-19-24(28)35-21-6-8-33(32(41)42)30(39)25(38)31(40)34(21,47-19)48-33/h3-6,8,10-12,18,21,25-26,30-31,35-40H,7,9,13H2,1-2H3,(H,41,42)/t18-,21+,25-,26+,30-,31+,33-,34+/m0/s1. The summed E-state index contributed by atoms with van der Waals surface area (Å²) in [6, 6.07) is 8.94. The molecule has 0 saturated carbocycles. The number of phenolic OH excluding ortho intramolecular Hbond substituents is 1. The Labute approximate surface area is 273 Å². The summed E-state index contributed by atoms with van der Waals surface area (Å²) in [5, 5.41) is 66.5. The van der Waals surface area contributed by atoms with Crippen molar-refractivity contribution in [3.63, 3.8) is 0 Å². The zero-order valence-corrected chi connectivity index (χ0v) is 25.7. The van der Waals surface area contributed by atoms with Crippen molar-refractivity contribution in [2.24, 2.45) is 0 Å². The fourth-order valence-electron chi connectivity index (χ4n) is 7.72. The summed E-state index contributed by atoms with van der Waals surface area (Å²) in [5.41, 5.74) is 1.27. The Hall–Kier alpha value is -4.73. The lowest BCUT2D eigenvalue weighted by Crippen LogP contribution is -2.79. The van der Waals surface area contributed by atoms with Gasteiger partial charge < -0.3 is 64.4 Å². The number of fused-ring (bicyclic) bond motifs is 8. The number of hydrogen-bond donors (Lipinski definition) is 7. The number of carbonyl (C=O) groups is 1. The molecule has 2 bridgehead atoms. The molecular weight excluding hydrogens is 630 g/mol. The molecule has 7 N–H and O–H groups in total. The number of aliphatic hydroxyl groups is 4. The third kappa shape index (κ3) is 3.94. The smallest absolute Gasteiger partial charge is 0.343 e. The Morgan fingerprint density at radius 3 is 2.58 bits per heavy atom. The van der Waals surface area contributed by atoms with Crippen LogP contribution in [0.15, 0.2) is 48.6 Å². The Bertz CT molecular complexity index is 1880. The second-order valence-electron chi connectivity index (χ2n) is 12.4. The molecule has 0 unspecified atom stereocenters. The molecule has 3 aromatic rings. The van der Waals surface area contributed by atoms with Crippen LogP contribution in [0.4, 0.5) is 5.69 Å². The van der Waals surface area contributed by atoms with E-state index in [1.54, 1.807) is 24.3 Å². The molecule has 5 aliphatic heterocycles. The predicted molar refractivity (Wildman–Crippen MR) is 165 cm³/mol. The molecule has 1 fully saturated rings. The summed E-state index contributed by atoms with van der Waals surface area (Å²) in [6.07, 6.45) is -3.56. The summed E-state index contributed by atoms with van der Waals surface area (Å²) >= 11 is 0. The van der Waals surface area contributed by atoms with E-state index in [2.05, 4.69) is 5.32 Å². The minimum absolute atomic E-state index is 0.0102. The van der Waals surface area contributed by atoms with Crippen LogP contribution in [-0.2, 0) is 16.0 Å². The number of hydrogen-bond acceptors (Lipinski definition) is 13. The van der Waals surface area contributed by atoms with E-state index < -0.39 is 47.8 Å². The van der Waals surface area contributed by atoms with E-state index in [-0.39, 0.29) is 30.6 Å². The van der Waals surface area contributed by atoms with Gasteiger partial charge in [0.05, 0.1) is 26.7 Å². The Kier molecular flexibility index (Phi) is 6.78. The normalized spacial score (nSPS) is 31.7. The van der Waals surface area contributed by atoms with Crippen molar-refractivity contribution in [3.05, 3.63) is 65.2 Å². The lowest BCUT2D eigenvalue weighted by Gasteiger charge is -2.57. The van der Waals surface area contributed by atoms with Crippen LogP contribution < -0.4 is 29.0 Å². The van der Waals surface area contributed by atoms with Crippen LogP contribution in [0.2, 0.25) is 0 Å². The molecular formula is C34H33NO13. The second kappa shape index (κ2) is 10.6. The Morgan fingerprint density at radius 1 is 1.06 bits per heavy atom. The molecule has 8 atom stereocenters. The molecule has 0 amide bonds. The number of rotatable bonds is 6. The third-order valence-electron chi connectivity index (χ3n) is 9.95. The number of ether oxygens (including phenoxy) is 6. The van der Waals surface area contributed by atoms with E-state index in [0.717, 1.165) is 17.2 Å². The van der Waals surface area contributed by atoms with Crippen LogP contribution >= 0.6 is 0 Å². The number of nitrogens with one attached hydrogen (secondary N) is 1. The molecule has 14 nitrogen and oxygen atoms in total. The average Bonchev–Trinajstić information content (AvgIpc) is 3.48. The molecule has 8 rings (SSSR count). The number of aliphatic carboxylic acids is 1. The molecule has 3 aromatic carbocycles. The number of aliphatic hydroxyl groups excluding tert-OH is 4. The van der Waals surface area contributed by atoms with Crippen molar-refractivity contribution >= 4 is 11.7 Å². The molecule has 0 aliphatic carbocycles. The van der Waals surface area contributed by atoms with Crippen molar-refractivity contribution < 1.29 is 63.9 Å². The zero-order valence-electron chi connectivity index (χ0n) is 25.7. The maximum atomic E-state index is 12.4. The van der Waals surface area contributed by atoms with Gasteiger partial charge in [-0.3, -0.25) is 0 Å². The van der Waals surface area contributed by atoms with E-state index in [1.165, 1.54) is 26.4 Å². The SMILES string of the molecule is COc1cc(CCO)c2c(c1OC)O[C@H]1c3c(-c4cccc(O)c4)cc4c(c3OC[C@@H]21)N[C@@H]1C=C[C@]2(C(=O)O)O[C@@]1(O4)[C@H](O)[C@@H](O)[C@@H]2O. The number of carboxylic acid groups (broad SMARTS) is 1. The highest BCUT2D eigenvalue weighted by Crippen LogP contribution is 2.62. The maximum Gasteiger partial charge on any atom is 0.343 e. The first-order chi connectivity index (χ1) is 23.1. The molecule has 0 radical (unpaired) electrons. The minimum atomic E-state index is -2.39. The van der Waals surface area contributed by atoms with Crippen molar-refractivity contribution in [1.82, 2.24) is 0 Å². The van der Waals surface area contributed by atoms with E-state index in [0.29, 0.717) is 51.8 Å². The first-order valence-electron chi connectivity index (χ1n) is 15.4. The van der Waals surface area contributed by atoms with Gasteiger partial charge in [0.2, 0.25) is 11.4 Å². The van der Waals surface area contributed by atoms with Gasteiger partial charge in [0.25, 0.3) is 5.79 Å². The molecule has 1 spiro atoms. The van der Waals surface area contributed by atoms with Gasteiger partial charge in [-0.1, -0.05) is 18.2 Å². The summed E-state index contributed by atoms with van der Waals surface area (Å²) in [6.45, 7) is 0.0352. The highest BCUT2D eigenvalue weighted by molar-refractivity contribution is 5.85. The predicted octanol–water partition coefficient (Wildman–Crippen LogP) is 1.60.